The molecule has 0 spiro atoms. The first kappa shape index (κ1) is 26.2. The number of benzene rings is 1. The first-order valence-electron chi connectivity index (χ1n) is 12.7. The van der Waals surface area contributed by atoms with Crippen LogP contribution in [-0.2, 0) is 15.0 Å². The zero-order valence-corrected chi connectivity index (χ0v) is 23.0. The number of aliphatic hydroxyl groups excluding tert-OH is 1. The summed E-state index contributed by atoms with van der Waals surface area (Å²) in [4.78, 5) is 38.7. The molecule has 1 aromatic carbocycles. The van der Waals surface area contributed by atoms with Gasteiger partial charge in [-0.1, -0.05) is 38.1 Å². The Morgan fingerprint density at radius 2 is 2.03 bits per heavy atom. The summed E-state index contributed by atoms with van der Waals surface area (Å²) in [6.07, 6.45) is 0.0174. The maximum absolute atomic E-state index is 13.8. The lowest BCUT2D eigenvalue weighted by Crippen LogP contribution is -2.44. The molecule has 2 amide bonds. The van der Waals surface area contributed by atoms with E-state index in [0.717, 1.165) is 21.7 Å². The van der Waals surface area contributed by atoms with E-state index in [1.54, 1.807) is 22.3 Å². The molecule has 0 bridgehead atoms. The highest BCUT2D eigenvalue weighted by atomic mass is 32.1. The normalized spacial score (nSPS) is 24.2. The number of thiazole rings is 1. The number of amides is 2. The lowest BCUT2D eigenvalue weighted by atomic mass is 9.78. The molecular weight excluding hydrogens is 504 g/mol. The van der Waals surface area contributed by atoms with Crippen molar-refractivity contribution in [2.24, 2.45) is 10.9 Å². The SMILES string of the molecule is COc1cc(C(C(=O)N2CC(O)CC2C2=NC(=O)C(C)(c3ccc(-c4scnc4C)cc3)C2)C(C)C)on1. The van der Waals surface area contributed by atoms with Gasteiger partial charge >= 0.3 is 0 Å². The molecule has 0 saturated carbocycles. The number of likely N-dealkylation sites (tertiary alicyclic amines) is 1. The number of hydrogen-bond acceptors (Lipinski definition) is 8. The molecule has 0 radical (unpaired) electrons. The number of nitrogens with zero attached hydrogens (tertiary/aromatic N) is 4. The van der Waals surface area contributed by atoms with Gasteiger partial charge in [-0.3, -0.25) is 9.59 Å². The van der Waals surface area contributed by atoms with Crippen molar-refractivity contribution >= 4 is 28.9 Å². The molecule has 1 fully saturated rings. The number of methoxy groups -OCH3 is 1. The number of carbonyl (C=O) groups is 2. The van der Waals surface area contributed by atoms with Gasteiger partial charge in [0.15, 0.2) is 5.76 Å². The largest absolute Gasteiger partial charge is 0.479 e. The number of aryl methyl sites for hydroxylation is 1. The van der Waals surface area contributed by atoms with E-state index in [4.69, 9.17) is 9.26 Å². The molecule has 5 rings (SSSR count). The van der Waals surface area contributed by atoms with Crippen LogP contribution in [0, 0.1) is 12.8 Å². The second-order valence-electron chi connectivity index (χ2n) is 10.7. The van der Waals surface area contributed by atoms with E-state index in [1.807, 2.05) is 57.5 Å². The smallest absolute Gasteiger partial charge is 0.256 e. The second kappa shape index (κ2) is 10.1. The summed E-state index contributed by atoms with van der Waals surface area (Å²) in [5.41, 5.74) is 4.52. The van der Waals surface area contributed by atoms with Gasteiger partial charge in [0.05, 0.1) is 40.8 Å². The van der Waals surface area contributed by atoms with Gasteiger partial charge in [0.1, 0.15) is 5.92 Å². The number of aromatic nitrogens is 2. The minimum atomic E-state index is -0.839. The predicted molar refractivity (Wildman–Crippen MR) is 143 cm³/mol. The Hall–Kier alpha value is -3.37. The number of carbonyl (C=O) groups excluding carboxylic acids is 2. The van der Waals surface area contributed by atoms with Crippen LogP contribution in [-0.4, -0.2) is 63.5 Å². The third kappa shape index (κ3) is 4.56. The van der Waals surface area contributed by atoms with Crippen LogP contribution in [0.15, 0.2) is 45.4 Å². The molecule has 4 heterocycles. The number of aliphatic imine (C=N–C) groups is 1. The molecule has 2 aliphatic rings. The number of β-amino-alcohol motifs (C(OH)–C–C–N with tert-alkyl or cyclic N) is 1. The van der Waals surface area contributed by atoms with Gasteiger partial charge in [0.25, 0.3) is 11.8 Å². The Kier molecular flexibility index (Phi) is 6.96. The van der Waals surface area contributed by atoms with Gasteiger partial charge in [-0.15, -0.1) is 11.3 Å². The highest BCUT2D eigenvalue weighted by molar-refractivity contribution is 7.13. The maximum atomic E-state index is 13.8. The van der Waals surface area contributed by atoms with Crippen LogP contribution in [0.25, 0.3) is 10.4 Å². The van der Waals surface area contributed by atoms with Gasteiger partial charge in [-0.25, -0.2) is 9.98 Å². The van der Waals surface area contributed by atoms with Crippen molar-refractivity contribution in [1.82, 2.24) is 15.0 Å². The molecule has 0 aliphatic carbocycles. The molecular formula is C28H32N4O5S. The Balaban J connectivity index is 1.39. The van der Waals surface area contributed by atoms with Gasteiger partial charge in [0.2, 0.25) is 5.91 Å². The summed E-state index contributed by atoms with van der Waals surface area (Å²) in [6.45, 7) is 7.92. The van der Waals surface area contributed by atoms with Crippen LogP contribution in [0.1, 0.15) is 56.5 Å². The summed E-state index contributed by atoms with van der Waals surface area (Å²) < 4.78 is 10.6. The molecule has 2 aliphatic heterocycles. The highest BCUT2D eigenvalue weighted by Gasteiger charge is 2.48. The van der Waals surface area contributed by atoms with Crippen LogP contribution < -0.4 is 4.74 Å². The van der Waals surface area contributed by atoms with Crippen molar-refractivity contribution in [2.45, 2.75) is 64.0 Å². The average molecular weight is 537 g/mol. The highest BCUT2D eigenvalue weighted by Crippen LogP contribution is 2.40. The molecule has 2 aromatic heterocycles. The van der Waals surface area contributed by atoms with E-state index < -0.39 is 23.5 Å². The molecule has 38 heavy (non-hydrogen) atoms. The Morgan fingerprint density at radius 3 is 2.63 bits per heavy atom. The van der Waals surface area contributed by atoms with Crippen molar-refractivity contribution in [2.75, 3.05) is 13.7 Å². The summed E-state index contributed by atoms with van der Waals surface area (Å²) in [5.74, 6) is -0.401. The Labute approximate surface area is 225 Å². The fourth-order valence-electron chi connectivity index (χ4n) is 5.52. The first-order chi connectivity index (χ1) is 18.1. The van der Waals surface area contributed by atoms with Crippen molar-refractivity contribution in [3.8, 4) is 16.3 Å². The summed E-state index contributed by atoms with van der Waals surface area (Å²) in [7, 11) is 1.49. The van der Waals surface area contributed by atoms with E-state index in [0.29, 0.717) is 30.2 Å². The van der Waals surface area contributed by atoms with Gasteiger partial charge < -0.3 is 19.3 Å². The first-order valence-corrected chi connectivity index (χ1v) is 13.6. The monoisotopic (exact) mass is 536 g/mol. The number of rotatable bonds is 7. The van der Waals surface area contributed by atoms with E-state index in [1.165, 1.54) is 7.11 Å². The summed E-state index contributed by atoms with van der Waals surface area (Å²) in [5, 5.41) is 14.4. The average Bonchev–Trinajstić information content (AvgIpc) is 3.67. The Bertz CT molecular complexity index is 1380. The van der Waals surface area contributed by atoms with Crippen molar-refractivity contribution in [3.63, 3.8) is 0 Å². The van der Waals surface area contributed by atoms with E-state index >= 15 is 0 Å². The fourth-order valence-corrected chi connectivity index (χ4v) is 6.33. The van der Waals surface area contributed by atoms with Crippen molar-refractivity contribution in [1.29, 1.82) is 0 Å². The fraction of sp³-hybridized carbons (Fsp3) is 0.464. The molecule has 4 atom stereocenters. The predicted octanol–water partition coefficient (Wildman–Crippen LogP) is 4.15. The van der Waals surface area contributed by atoms with E-state index in [9.17, 15) is 14.7 Å². The topological polar surface area (TPSA) is 118 Å². The zero-order chi connectivity index (χ0) is 27.2. The molecule has 1 saturated heterocycles. The van der Waals surface area contributed by atoms with E-state index in [2.05, 4.69) is 15.1 Å². The molecule has 10 heteroatoms. The third-order valence-corrected chi connectivity index (χ3v) is 8.66. The van der Waals surface area contributed by atoms with Crippen LogP contribution in [0.2, 0.25) is 0 Å². The minimum Gasteiger partial charge on any atom is -0.479 e. The van der Waals surface area contributed by atoms with E-state index in [-0.39, 0.29) is 24.3 Å². The van der Waals surface area contributed by atoms with Crippen molar-refractivity contribution < 1.29 is 24.0 Å². The third-order valence-electron chi connectivity index (χ3n) is 7.68. The van der Waals surface area contributed by atoms with Crippen LogP contribution in [0.3, 0.4) is 0 Å². The van der Waals surface area contributed by atoms with Gasteiger partial charge in [-0.05, 0) is 36.0 Å². The standard InChI is InChI=1S/C28H32N4O5S/c1-15(2)24(22-11-23(36-5)31-37-22)26(34)32-13-19(33)10-21(32)20-12-28(4,27(35)30-20)18-8-6-17(7-9-18)25-16(3)29-14-38-25/h6-9,11,14-15,19,21,24,33H,10,12-13H2,1-5H3. The number of aliphatic hydroxyl groups is 1. The molecule has 1 N–H and O–H groups in total. The van der Waals surface area contributed by atoms with Gasteiger partial charge in [-0.2, -0.15) is 0 Å². The number of ether oxygens (including phenoxy) is 1. The molecule has 200 valence electrons. The zero-order valence-electron chi connectivity index (χ0n) is 22.2. The Morgan fingerprint density at radius 1 is 1.29 bits per heavy atom. The number of hydrogen-bond donors (Lipinski definition) is 1. The van der Waals surface area contributed by atoms with Crippen LogP contribution >= 0.6 is 11.3 Å². The van der Waals surface area contributed by atoms with Gasteiger partial charge in [0, 0.05) is 31.2 Å². The maximum Gasteiger partial charge on any atom is 0.256 e. The minimum absolute atomic E-state index is 0.0864. The van der Waals surface area contributed by atoms with Crippen molar-refractivity contribution in [3.05, 3.63) is 52.9 Å². The summed E-state index contributed by atoms with van der Waals surface area (Å²) in [6, 6.07) is 9.14. The lowest BCUT2D eigenvalue weighted by Gasteiger charge is -2.30. The van der Waals surface area contributed by atoms with Crippen LogP contribution in [0.5, 0.6) is 5.88 Å². The molecule has 3 aromatic rings. The lowest BCUT2D eigenvalue weighted by molar-refractivity contribution is -0.134. The quantitative estimate of drug-likeness (QED) is 0.482. The van der Waals surface area contributed by atoms with Crippen LogP contribution in [0.4, 0.5) is 0 Å². The second-order valence-corrected chi connectivity index (χ2v) is 11.5. The molecule has 9 nitrogen and oxygen atoms in total. The molecule has 4 unspecified atom stereocenters. The summed E-state index contributed by atoms with van der Waals surface area (Å²) >= 11 is 1.59.